The number of alkyl halides is 3. The molecule has 0 saturated heterocycles. The first kappa shape index (κ1) is 23.6. The first-order valence-corrected chi connectivity index (χ1v) is 11.6. The first-order valence-electron chi connectivity index (χ1n) is 11.2. The standard InChI is InChI=1S/C25H28ClF3N4/c1-3-12-31(16-19-8-5-4-6-9-19)17-22-23(25(27,28)29)30-24-32(13-7-14-33(22)24)21-11-10-18(2)15-20(21)26/h4-6,8-11,15H,3,7,12-14,16-17H2,1-2H3. The van der Waals surface area contributed by atoms with Crippen LogP contribution in [0.2, 0.25) is 5.02 Å². The molecule has 0 bridgehead atoms. The van der Waals surface area contributed by atoms with Gasteiger partial charge in [-0.05, 0) is 49.6 Å². The molecule has 33 heavy (non-hydrogen) atoms. The average molecular weight is 477 g/mol. The minimum absolute atomic E-state index is 0.181. The highest BCUT2D eigenvalue weighted by Crippen LogP contribution is 2.40. The monoisotopic (exact) mass is 476 g/mol. The number of aryl methyl sites for hydroxylation is 1. The van der Waals surface area contributed by atoms with Crippen LogP contribution in [0.4, 0.5) is 24.8 Å². The summed E-state index contributed by atoms with van der Waals surface area (Å²) in [6, 6.07) is 15.4. The highest BCUT2D eigenvalue weighted by Gasteiger charge is 2.41. The van der Waals surface area contributed by atoms with Gasteiger partial charge in [0.25, 0.3) is 0 Å². The third-order valence-electron chi connectivity index (χ3n) is 5.88. The van der Waals surface area contributed by atoms with E-state index in [0.29, 0.717) is 49.3 Å². The predicted octanol–water partition coefficient (Wildman–Crippen LogP) is 6.82. The maximum atomic E-state index is 14.1. The summed E-state index contributed by atoms with van der Waals surface area (Å²) < 4.78 is 44.1. The second kappa shape index (κ2) is 9.77. The van der Waals surface area contributed by atoms with Crippen molar-refractivity contribution in [3.63, 3.8) is 0 Å². The molecular weight excluding hydrogens is 449 g/mol. The van der Waals surface area contributed by atoms with Crippen LogP contribution in [0.5, 0.6) is 0 Å². The fourth-order valence-electron chi connectivity index (χ4n) is 4.43. The van der Waals surface area contributed by atoms with Gasteiger partial charge in [-0.15, -0.1) is 0 Å². The number of aromatic nitrogens is 2. The largest absolute Gasteiger partial charge is 0.435 e. The van der Waals surface area contributed by atoms with Gasteiger partial charge in [-0.3, -0.25) is 4.90 Å². The number of hydrogen-bond donors (Lipinski definition) is 0. The minimum atomic E-state index is -4.53. The van der Waals surface area contributed by atoms with E-state index in [1.165, 1.54) is 0 Å². The van der Waals surface area contributed by atoms with Gasteiger partial charge in [0.15, 0.2) is 5.69 Å². The molecule has 0 unspecified atom stereocenters. The minimum Gasteiger partial charge on any atom is -0.312 e. The lowest BCUT2D eigenvalue weighted by atomic mass is 10.2. The molecule has 0 radical (unpaired) electrons. The summed E-state index contributed by atoms with van der Waals surface area (Å²) in [7, 11) is 0. The average Bonchev–Trinajstić information content (AvgIpc) is 3.14. The molecular formula is C25H28ClF3N4. The summed E-state index contributed by atoms with van der Waals surface area (Å²) in [6.45, 7) is 6.50. The summed E-state index contributed by atoms with van der Waals surface area (Å²) in [5.41, 5.74) is 2.17. The van der Waals surface area contributed by atoms with Crippen LogP contribution in [0.3, 0.4) is 0 Å². The van der Waals surface area contributed by atoms with Crippen LogP contribution in [-0.4, -0.2) is 27.5 Å². The summed E-state index contributed by atoms with van der Waals surface area (Å²) in [5, 5.41) is 0.512. The summed E-state index contributed by atoms with van der Waals surface area (Å²) >= 11 is 6.47. The quantitative estimate of drug-likeness (QED) is 0.374. The van der Waals surface area contributed by atoms with Crippen LogP contribution < -0.4 is 4.90 Å². The molecule has 1 aromatic heterocycles. The van der Waals surface area contributed by atoms with E-state index >= 15 is 0 Å². The normalized spacial score (nSPS) is 14.1. The maximum Gasteiger partial charge on any atom is 0.435 e. The Hall–Kier alpha value is -2.51. The van der Waals surface area contributed by atoms with E-state index in [0.717, 1.165) is 17.5 Å². The molecule has 0 N–H and O–H groups in total. The van der Waals surface area contributed by atoms with Gasteiger partial charge in [-0.1, -0.05) is 54.9 Å². The fraction of sp³-hybridized carbons (Fsp3) is 0.400. The number of halogens is 4. The fourth-order valence-corrected chi connectivity index (χ4v) is 4.77. The number of fused-ring (bicyclic) bond motifs is 1. The number of rotatable bonds is 7. The molecule has 0 amide bonds. The SMILES string of the molecule is CCCN(Cc1ccccc1)Cc1c(C(F)(F)F)nc2n1CCCN2c1ccc(C)cc1Cl. The van der Waals surface area contributed by atoms with Crippen molar-refractivity contribution >= 4 is 23.2 Å². The Labute approximate surface area is 197 Å². The van der Waals surface area contributed by atoms with Gasteiger partial charge < -0.3 is 9.47 Å². The lowest BCUT2D eigenvalue weighted by Crippen LogP contribution is -2.31. The highest BCUT2D eigenvalue weighted by atomic mass is 35.5. The zero-order valence-electron chi connectivity index (χ0n) is 18.9. The van der Waals surface area contributed by atoms with E-state index in [4.69, 9.17) is 11.6 Å². The van der Waals surface area contributed by atoms with Crippen molar-refractivity contribution in [1.82, 2.24) is 14.5 Å². The van der Waals surface area contributed by atoms with E-state index in [2.05, 4.69) is 9.88 Å². The zero-order valence-corrected chi connectivity index (χ0v) is 19.6. The molecule has 1 aliphatic rings. The van der Waals surface area contributed by atoms with E-state index in [-0.39, 0.29) is 12.2 Å². The molecule has 0 atom stereocenters. The van der Waals surface area contributed by atoms with Gasteiger partial charge in [-0.25, -0.2) is 4.98 Å². The molecule has 2 heterocycles. The zero-order chi connectivity index (χ0) is 23.6. The summed E-state index contributed by atoms with van der Waals surface area (Å²) in [6.07, 6.45) is -2.97. The van der Waals surface area contributed by atoms with Crippen molar-refractivity contribution in [2.45, 2.75) is 52.5 Å². The van der Waals surface area contributed by atoms with E-state index in [1.54, 1.807) is 4.57 Å². The van der Waals surface area contributed by atoms with Gasteiger partial charge in [0.05, 0.1) is 16.4 Å². The van der Waals surface area contributed by atoms with Gasteiger partial charge in [-0.2, -0.15) is 13.2 Å². The van der Waals surface area contributed by atoms with Crippen molar-refractivity contribution < 1.29 is 13.2 Å². The third kappa shape index (κ3) is 5.20. The topological polar surface area (TPSA) is 24.3 Å². The molecule has 1 aliphatic heterocycles. The molecule has 0 spiro atoms. The van der Waals surface area contributed by atoms with Crippen molar-refractivity contribution in [3.8, 4) is 0 Å². The Kier molecular flexibility index (Phi) is 7.00. The Balaban J connectivity index is 1.74. The molecule has 8 heteroatoms. The van der Waals surface area contributed by atoms with Crippen LogP contribution in [0, 0.1) is 6.92 Å². The van der Waals surface area contributed by atoms with Gasteiger partial charge in [0.2, 0.25) is 5.95 Å². The lowest BCUT2D eigenvalue weighted by molar-refractivity contribution is -0.141. The molecule has 0 saturated carbocycles. The first-order chi connectivity index (χ1) is 15.8. The number of anilines is 2. The molecule has 2 aromatic carbocycles. The lowest BCUT2D eigenvalue weighted by Gasteiger charge is -2.31. The smallest absolute Gasteiger partial charge is 0.312 e. The molecule has 176 valence electrons. The Morgan fingerprint density at radius 1 is 1.06 bits per heavy atom. The van der Waals surface area contributed by atoms with Crippen molar-refractivity contribution in [2.24, 2.45) is 0 Å². The molecule has 3 aromatic rings. The number of nitrogens with zero attached hydrogens (tertiary/aromatic N) is 4. The molecule has 4 rings (SSSR count). The molecule has 4 nitrogen and oxygen atoms in total. The second-order valence-corrected chi connectivity index (χ2v) is 8.92. The van der Waals surface area contributed by atoms with Gasteiger partial charge in [0.1, 0.15) is 0 Å². The number of benzene rings is 2. The van der Waals surface area contributed by atoms with E-state index < -0.39 is 11.9 Å². The summed E-state index contributed by atoms with van der Waals surface area (Å²) in [4.78, 5) is 8.02. The Morgan fingerprint density at radius 2 is 1.82 bits per heavy atom. The van der Waals surface area contributed by atoms with Crippen LogP contribution in [0.1, 0.15) is 42.3 Å². The summed E-state index contributed by atoms with van der Waals surface area (Å²) in [5.74, 6) is 0.311. The second-order valence-electron chi connectivity index (χ2n) is 8.51. The van der Waals surface area contributed by atoms with E-state index in [9.17, 15) is 13.2 Å². The van der Waals surface area contributed by atoms with Crippen molar-refractivity contribution in [1.29, 1.82) is 0 Å². The Bertz CT molecular complexity index is 1100. The molecule has 0 fully saturated rings. The molecule has 0 aliphatic carbocycles. The highest BCUT2D eigenvalue weighted by molar-refractivity contribution is 6.33. The van der Waals surface area contributed by atoms with Crippen LogP contribution in [-0.2, 0) is 25.8 Å². The third-order valence-corrected chi connectivity index (χ3v) is 6.18. The van der Waals surface area contributed by atoms with Gasteiger partial charge in [0, 0.05) is 26.2 Å². The van der Waals surface area contributed by atoms with Crippen molar-refractivity contribution in [2.75, 3.05) is 18.0 Å². The Morgan fingerprint density at radius 3 is 2.48 bits per heavy atom. The van der Waals surface area contributed by atoms with Crippen LogP contribution in [0.15, 0.2) is 48.5 Å². The van der Waals surface area contributed by atoms with Crippen LogP contribution in [0.25, 0.3) is 0 Å². The predicted molar refractivity (Wildman–Crippen MR) is 126 cm³/mol. The van der Waals surface area contributed by atoms with Gasteiger partial charge >= 0.3 is 6.18 Å². The number of imidazole rings is 1. The van der Waals surface area contributed by atoms with E-state index in [1.807, 2.05) is 67.3 Å². The van der Waals surface area contributed by atoms with Crippen molar-refractivity contribution in [3.05, 3.63) is 76.1 Å². The maximum absolute atomic E-state index is 14.1. The van der Waals surface area contributed by atoms with Crippen LogP contribution >= 0.6 is 11.6 Å². The number of hydrogen-bond acceptors (Lipinski definition) is 3.